The van der Waals surface area contributed by atoms with E-state index in [2.05, 4.69) is 30.1 Å². The summed E-state index contributed by atoms with van der Waals surface area (Å²) in [5.41, 5.74) is 3.13. The molecule has 144 valence electrons. The summed E-state index contributed by atoms with van der Waals surface area (Å²) >= 11 is 0. The number of nitrogens with zero attached hydrogens (tertiary/aromatic N) is 1. The number of hydrogen-bond acceptors (Lipinski definition) is 5. The number of carbonyl (C=O) groups is 1. The molecule has 0 unspecified atom stereocenters. The minimum atomic E-state index is -0.918. The van der Waals surface area contributed by atoms with Crippen LogP contribution >= 0.6 is 0 Å². The number of hydrogen-bond donors (Lipinski definition) is 2. The average molecular weight is 370 g/mol. The molecular weight excluding hydrogens is 344 g/mol. The Labute approximate surface area is 159 Å². The molecule has 0 radical (unpaired) electrons. The van der Waals surface area contributed by atoms with Gasteiger partial charge in [-0.05, 0) is 43.7 Å². The van der Waals surface area contributed by atoms with Crippen LogP contribution in [0.3, 0.4) is 0 Å². The van der Waals surface area contributed by atoms with Gasteiger partial charge in [0.1, 0.15) is 5.75 Å². The van der Waals surface area contributed by atoms with Crippen LogP contribution in [0.1, 0.15) is 29.8 Å². The van der Waals surface area contributed by atoms with Crippen molar-refractivity contribution >= 4 is 17.3 Å². The minimum absolute atomic E-state index is 0.162. The summed E-state index contributed by atoms with van der Waals surface area (Å²) in [5, 5.41) is 12.3. The molecule has 1 heterocycles. The third-order valence-electron chi connectivity index (χ3n) is 4.66. The van der Waals surface area contributed by atoms with E-state index in [1.54, 1.807) is 19.2 Å². The van der Waals surface area contributed by atoms with Crippen molar-refractivity contribution in [1.82, 2.24) is 0 Å². The molecule has 1 aliphatic rings. The number of benzene rings is 2. The molecule has 2 aromatic carbocycles. The fourth-order valence-corrected chi connectivity index (χ4v) is 3.22. The molecule has 0 amide bonds. The number of methoxy groups -OCH3 is 1. The highest BCUT2D eigenvalue weighted by atomic mass is 16.5. The zero-order valence-electron chi connectivity index (χ0n) is 16.0. The summed E-state index contributed by atoms with van der Waals surface area (Å²) in [4.78, 5) is 13.2. The van der Waals surface area contributed by atoms with Crippen molar-refractivity contribution < 1.29 is 19.4 Å². The number of nitrogens with one attached hydrogen (secondary N) is 1. The first-order chi connectivity index (χ1) is 12.9. The van der Waals surface area contributed by atoms with Crippen LogP contribution in [0, 0.1) is 0 Å². The predicted molar refractivity (Wildman–Crippen MR) is 106 cm³/mol. The molecular formula is C21H26N2O4. The lowest BCUT2D eigenvalue weighted by Gasteiger charge is -2.39. The van der Waals surface area contributed by atoms with E-state index in [0.717, 1.165) is 35.8 Å². The second-order valence-electron chi connectivity index (χ2n) is 7.27. The van der Waals surface area contributed by atoms with Crippen LogP contribution in [0.15, 0.2) is 42.5 Å². The molecule has 3 rings (SSSR count). The van der Waals surface area contributed by atoms with E-state index in [1.165, 1.54) is 0 Å². The summed E-state index contributed by atoms with van der Waals surface area (Å²) in [7, 11) is 1.66. The number of aromatic carboxylic acids is 1. The highest BCUT2D eigenvalue weighted by molar-refractivity contribution is 5.87. The van der Waals surface area contributed by atoms with Crippen molar-refractivity contribution in [3.05, 3.63) is 53.6 Å². The zero-order valence-corrected chi connectivity index (χ0v) is 16.0. The fourth-order valence-electron chi connectivity index (χ4n) is 3.22. The van der Waals surface area contributed by atoms with Crippen molar-refractivity contribution in [3.8, 4) is 5.75 Å². The van der Waals surface area contributed by atoms with Crippen molar-refractivity contribution in [2.45, 2.75) is 26.0 Å². The third kappa shape index (κ3) is 4.71. The van der Waals surface area contributed by atoms with E-state index in [4.69, 9.17) is 14.6 Å². The summed E-state index contributed by atoms with van der Waals surface area (Å²) in [6.07, 6.45) is 0. The lowest BCUT2D eigenvalue weighted by atomic mass is 10.1. The maximum Gasteiger partial charge on any atom is 0.335 e. The Morgan fingerprint density at radius 2 is 2.00 bits per heavy atom. The highest BCUT2D eigenvalue weighted by Crippen LogP contribution is 2.32. The maximum atomic E-state index is 10.9. The number of morpholine rings is 1. The smallest absolute Gasteiger partial charge is 0.335 e. The third-order valence-corrected chi connectivity index (χ3v) is 4.66. The van der Waals surface area contributed by atoms with Gasteiger partial charge in [-0.2, -0.15) is 0 Å². The van der Waals surface area contributed by atoms with Crippen LogP contribution in [0.4, 0.5) is 11.4 Å². The second-order valence-corrected chi connectivity index (χ2v) is 7.27. The van der Waals surface area contributed by atoms with Crippen LogP contribution in [-0.4, -0.2) is 43.5 Å². The molecule has 2 aromatic rings. The maximum absolute atomic E-state index is 10.9. The molecule has 0 aromatic heterocycles. The van der Waals surface area contributed by atoms with Crippen molar-refractivity contribution in [2.24, 2.45) is 0 Å². The highest BCUT2D eigenvalue weighted by Gasteiger charge is 2.27. The average Bonchev–Trinajstić information content (AvgIpc) is 2.65. The van der Waals surface area contributed by atoms with Crippen LogP contribution in [0.5, 0.6) is 5.75 Å². The zero-order chi connectivity index (χ0) is 19.4. The number of rotatable bonds is 6. The van der Waals surface area contributed by atoms with E-state index in [9.17, 15) is 4.79 Å². The van der Waals surface area contributed by atoms with Gasteiger partial charge in [-0.25, -0.2) is 4.79 Å². The molecule has 6 heteroatoms. The number of anilines is 2. The SMILES string of the molecule is COc1cc(N2CCOC(C)(C)C2)ccc1NCc1ccc(C(=O)O)cc1. The van der Waals surface area contributed by atoms with Gasteiger partial charge in [0.15, 0.2) is 0 Å². The Morgan fingerprint density at radius 3 is 2.63 bits per heavy atom. The van der Waals surface area contributed by atoms with Crippen molar-refractivity contribution in [2.75, 3.05) is 37.0 Å². The lowest BCUT2D eigenvalue weighted by Crippen LogP contribution is -2.48. The summed E-state index contributed by atoms with van der Waals surface area (Å²) in [5.74, 6) is -0.142. The normalized spacial score (nSPS) is 16.0. The van der Waals surface area contributed by atoms with Gasteiger partial charge in [-0.1, -0.05) is 12.1 Å². The monoisotopic (exact) mass is 370 g/mol. The molecule has 1 aliphatic heterocycles. The minimum Gasteiger partial charge on any atom is -0.495 e. The van der Waals surface area contributed by atoms with Gasteiger partial charge in [0.05, 0.1) is 30.6 Å². The summed E-state index contributed by atoms with van der Waals surface area (Å²) in [6, 6.07) is 13.0. The molecule has 0 atom stereocenters. The van der Waals surface area contributed by atoms with Crippen molar-refractivity contribution in [1.29, 1.82) is 0 Å². The van der Waals surface area contributed by atoms with Crippen LogP contribution < -0.4 is 15.0 Å². The Kier molecular flexibility index (Phi) is 5.56. The van der Waals surface area contributed by atoms with Gasteiger partial charge in [-0.15, -0.1) is 0 Å². The van der Waals surface area contributed by atoms with Gasteiger partial charge >= 0.3 is 5.97 Å². The largest absolute Gasteiger partial charge is 0.495 e. The Bertz CT molecular complexity index is 802. The van der Waals surface area contributed by atoms with E-state index < -0.39 is 5.97 Å². The topological polar surface area (TPSA) is 71.0 Å². The van der Waals surface area contributed by atoms with Crippen LogP contribution in [-0.2, 0) is 11.3 Å². The molecule has 0 spiro atoms. The van der Waals surface area contributed by atoms with Gasteiger partial charge < -0.3 is 24.8 Å². The molecule has 0 saturated carbocycles. The van der Waals surface area contributed by atoms with Crippen LogP contribution in [0.25, 0.3) is 0 Å². The molecule has 2 N–H and O–H groups in total. The quantitative estimate of drug-likeness (QED) is 0.809. The molecule has 1 saturated heterocycles. The van der Waals surface area contributed by atoms with Crippen LogP contribution in [0.2, 0.25) is 0 Å². The molecule has 0 bridgehead atoms. The Morgan fingerprint density at radius 1 is 1.26 bits per heavy atom. The summed E-state index contributed by atoms with van der Waals surface area (Å²) < 4.78 is 11.4. The molecule has 6 nitrogen and oxygen atoms in total. The first kappa shape index (κ1) is 19.0. The molecule has 27 heavy (non-hydrogen) atoms. The van der Waals surface area contributed by atoms with Gasteiger partial charge in [0, 0.05) is 31.4 Å². The lowest BCUT2D eigenvalue weighted by molar-refractivity contribution is -0.0277. The van der Waals surface area contributed by atoms with Crippen molar-refractivity contribution in [3.63, 3.8) is 0 Å². The van der Waals surface area contributed by atoms with E-state index in [0.29, 0.717) is 13.2 Å². The standard InChI is InChI=1S/C21H26N2O4/c1-21(2)14-23(10-11-27-21)17-8-9-18(19(12-17)26-3)22-13-15-4-6-16(7-5-15)20(24)25/h4-9,12,22H,10-11,13-14H2,1-3H3,(H,24,25). The van der Waals surface area contributed by atoms with E-state index in [-0.39, 0.29) is 11.2 Å². The summed E-state index contributed by atoms with van der Waals surface area (Å²) in [6.45, 7) is 7.18. The fraction of sp³-hybridized carbons (Fsp3) is 0.381. The Hall–Kier alpha value is -2.73. The first-order valence-corrected chi connectivity index (χ1v) is 9.01. The van der Waals surface area contributed by atoms with E-state index in [1.807, 2.05) is 24.3 Å². The van der Waals surface area contributed by atoms with Gasteiger partial charge in [0.25, 0.3) is 0 Å². The van der Waals surface area contributed by atoms with E-state index >= 15 is 0 Å². The number of ether oxygens (including phenoxy) is 2. The van der Waals surface area contributed by atoms with Gasteiger partial charge in [0.2, 0.25) is 0 Å². The number of carboxylic acids is 1. The molecule has 1 fully saturated rings. The second kappa shape index (κ2) is 7.88. The molecule has 0 aliphatic carbocycles. The number of carboxylic acid groups (broad SMARTS) is 1. The Balaban J connectivity index is 1.70. The first-order valence-electron chi connectivity index (χ1n) is 9.01. The predicted octanol–water partition coefficient (Wildman–Crippen LogP) is 3.62. The van der Waals surface area contributed by atoms with Gasteiger partial charge in [-0.3, -0.25) is 0 Å².